The summed E-state index contributed by atoms with van der Waals surface area (Å²) in [7, 11) is 0. The fraction of sp³-hybridized carbons (Fsp3) is 0.464. The molecule has 2 atom stereocenters. The van der Waals surface area contributed by atoms with Crippen LogP contribution in [0.25, 0.3) is 21.3 Å². The van der Waals surface area contributed by atoms with E-state index < -0.39 is 17.4 Å². The minimum Gasteiger partial charge on any atom is -0.352 e. The fourth-order valence-corrected chi connectivity index (χ4v) is 7.69. The molecule has 0 bridgehead atoms. The number of piperazine rings is 1. The maximum Gasteiger partial charge on any atom is 0.417 e. The second-order valence-corrected chi connectivity index (χ2v) is 12.4. The van der Waals surface area contributed by atoms with E-state index in [9.17, 15) is 22.8 Å². The molecular weight excluding hydrogens is 581 g/mol. The smallest absolute Gasteiger partial charge is 0.352 e. The number of fused-ring (bicyclic) bond motifs is 1. The number of benzene rings is 1. The van der Waals surface area contributed by atoms with Crippen molar-refractivity contribution in [2.75, 3.05) is 23.7 Å². The van der Waals surface area contributed by atoms with Crippen LogP contribution in [0.3, 0.4) is 0 Å². The summed E-state index contributed by atoms with van der Waals surface area (Å²) in [6.45, 7) is 12.1. The summed E-state index contributed by atoms with van der Waals surface area (Å²) in [4.78, 5) is 34.7. The van der Waals surface area contributed by atoms with Crippen molar-refractivity contribution in [2.45, 2.75) is 70.2 Å². The Kier molecular flexibility index (Phi) is 9.26. The van der Waals surface area contributed by atoms with Gasteiger partial charge in [-0.2, -0.15) is 18.2 Å². The lowest BCUT2D eigenvalue weighted by Crippen LogP contribution is -2.58. The van der Waals surface area contributed by atoms with Crippen LogP contribution in [0.5, 0.6) is 0 Å². The largest absolute Gasteiger partial charge is 0.417 e. The number of anilines is 1. The molecule has 1 aliphatic rings. The lowest BCUT2D eigenvalue weighted by Gasteiger charge is -2.44. The van der Waals surface area contributed by atoms with E-state index in [0.29, 0.717) is 52.1 Å². The number of aryl methyl sites for hydroxylation is 1. The third-order valence-electron chi connectivity index (χ3n) is 6.86. The minimum atomic E-state index is -4.67. The molecule has 0 spiro atoms. The molecule has 4 rings (SSSR count). The van der Waals surface area contributed by atoms with Crippen LogP contribution in [-0.4, -0.2) is 51.3 Å². The summed E-state index contributed by atoms with van der Waals surface area (Å²) < 4.78 is 45.8. The van der Waals surface area contributed by atoms with Gasteiger partial charge in [0.05, 0.1) is 16.1 Å². The lowest BCUT2D eigenvalue weighted by atomic mass is 10.0. The zero-order chi connectivity index (χ0) is 29.4. The summed E-state index contributed by atoms with van der Waals surface area (Å²) in [5, 5.41) is 2.24. The predicted octanol–water partition coefficient (Wildman–Crippen LogP) is 7.32. The van der Waals surface area contributed by atoms with Crippen molar-refractivity contribution >= 4 is 57.3 Å². The van der Waals surface area contributed by atoms with E-state index in [0.717, 1.165) is 23.8 Å². The highest BCUT2D eigenvalue weighted by Crippen LogP contribution is 2.49. The first-order valence-electron chi connectivity index (χ1n) is 13.2. The molecule has 6 nitrogen and oxygen atoms in total. The Morgan fingerprint density at radius 3 is 2.42 bits per heavy atom. The van der Waals surface area contributed by atoms with Gasteiger partial charge in [0, 0.05) is 57.8 Å². The van der Waals surface area contributed by atoms with Crippen molar-refractivity contribution in [3.63, 3.8) is 0 Å². The molecule has 1 fully saturated rings. The molecule has 0 saturated carbocycles. The van der Waals surface area contributed by atoms with Gasteiger partial charge in [0.1, 0.15) is 5.82 Å². The van der Waals surface area contributed by atoms with Crippen LogP contribution in [0.15, 0.2) is 39.9 Å². The number of alkyl halides is 3. The molecule has 1 saturated heterocycles. The first-order chi connectivity index (χ1) is 18.9. The average molecular weight is 613 g/mol. The number of thiophene rings is 1. The van der Waals surface area contributed by atoms with Crippen molar-refractivity contribution in [1.29, 1.82) is 0 Å². The van der Waals surface area contributed by atoms with Gasteiger partial charge in [-0.25, -0.2) is 4.79 Å². The number of aromatic nitrogens is 2. The normalized spacial score (nSPS) is 18.0. The van der Waals surface area contributed by atoms with Gasteiger partial charge in [-0.1, -0.05) is 32.0 Å². The zero-order valence-electron chi connectivity index (χ0n) is 22.8. The third kappa shape index (κ3) is 5.78. The maximum atomic E-state index is 14.8. The number of hydrogen-bond acceptors (Lipinski definition) is 6. The van der Waals surface area contributed by atoms with Crippen LogP contribution in [0.2, 0.25) is 5.02 Å². The van der Waals surface area contributed by atoms with Crippen LogP contribution in [-0.2, 0) is 17.5 Å². The number of nitrogens with zero attached hydrogens (tertiary/aromatic N) is 4. The number of hydrogen-bond donors (Lipinski definition) is 0. The van der Waals surface area contributed by atoms with Crippen molar-refractivity contribution < 1.29 is 18.0 Å². The molecule has 2 unspecified atom stereocenters. The van der Waals surface area contributed by atoms with Crippen molar-refractivity contribution in [3.8, 4) is 10.4 Å². The van der Waals surface area contributed by atoms with E-state index in [1.807, 2.05) is 32.6 Å². The Balaban J connectivity index is 2.08. The Morgan fingerprint density at radius 2 is 1.90 bits per heavy atom. The van der Waals surface area contributed by atoms with Crippen molar-refractivity contribution in [1.82, 2.24) is 14.5 Å². The van der Waals surface area contributed by atoms with Gasteiger partial charge in [0.2, 0.25) is 5.91 Å². The maximum absolute atomic E-state index is 14.8. The van der Waals surface area contributed by atoms with Crippen LogP contribution in [0.4, 0.5) is 19.0 Å². The zero-order valence-corrected chi connectivity index (χ0v) is 25.2. The quantitative estimate of drug-likeness (QED) is 0.197. The van der Waals surface area contributed by atoms with Gasteiger partial charge in [-0.05, 0) is 50.7 Å². The van der Waals surface area contributed by atoms with Gasteiger partial charge in [0.25, 0.3) is 0 Å². The van der Waals surface area contributed by atoms with E-state index in [1.165, 1.54) is 22.4 Å². The molecule has 0 aliphatic carbocycles. The molecule has 3 heterocycles. The van der Waals surface area contributed by atoms with Crippen LogP contribution >= 0.6 is 34.7 Å². The molecule has 0 radical (unpaired) electrons. The topological polar surface area (TPSA) is 58.4 Å². The van der Waals surface area contributed by atoms with Crippen LogP contribution in [0.1, 0.15) is 46.1 Å². The Hall–Kier alpha value is -2.50. The standard InChI is InChI=1S/C28H32ClF3N4O2S2/c1-6-9-35-24-19(26(33-27(35)38)34-13-16(4)36(17(5)14-34)22(37)8-3)12-20(28(30,31)32)23(25(24)39-10-7-2)21-11-18(29)15-40-21/h8,11-12,15-17H,3,6-7,9-10,13-14H2,1-2,4-5H3. The van der Waals surface area contributed by atoms with Gasteiger partial charge >= 0.3 is 11.9 Å². The molecule has 3 aromatic rings. The predicted molar refractivity (Wildman–Crippen MR) is 159 cm³/mol. The van der Waals surface area contributed by atoms with Crippen molar-refractivity contribution in [2.24, 2.45) is 0 Å². The first-order valence-corrected chi connectivity index (χ1v) is 15.4. The van der Waals surface area contributed by atoms with E-state index in [1.54, 1.807) is 16.3 Å². The number of amides is 1. The first kappa shape index (κ1) is 30.5. The van der Waals surface area contributed by atoms with Gasteiger partial charge in [0.15, 0.2) is 0 Å². The summed E-state index contributed by atoms with van der Waals surface area (Å²) in [5.74, 6) is 0.556. The molecule has 12 heteroatoms. The molecule has 1 amide bonds. The third-order valence-corrected chi connectivity index (χ3v) is 9.46. The minimum absolute atomic E-state index is 0.0416. The second-order valence-electron chi connectivity index (χ2n) is 9.92. The molecule has 40 heavy (non-hydrogen) atoms. The number of rotatable bonds is 8. The summed E-state index contributed by atoms with van der Waals surface area (Å²) >= 11 is 8.64. The van der Waals surface area contributed by atoms with Gasteiger partial charge < -0.3 is 9.80 Å². The summed E-state index contributed by atoms with van der Waals surface area (Å²) in [6.07, 6.45) is -2.07. The number of thioether (sulfide) groups is 1. The average Bonchev–Trinajstić information content (AvgIpc) is 3.32. The molecular formula is C28H32ClF3N4O2S2. The summed E-state index contributed by atoms with van der Waals surface area (Å²) in [6, 6.07) is 2.14. The van der Waals surface area contributed by atoms with Gasteiger partial charge in [-0.15, -0.1) is 23.1 Å². The second kappa shape index (κ2) is 12.2. The van der Waals surface area contributed by atoms with Crippen LogP contribution in [0, 0.1) is 0 Å². The van der Waals surface area contributed by atoms with E-state index in [2.05, 4.69) is 11.6 Å². The monoisotopic (exact) mass is 612 g/mol. The molecule has 1 aromatic carbocycles. The summed E-state index contributed by atoms with van der Waals surface area (Å²) in [5.41, 5.74) is -0.807. The highest BCUT2D eigenvalue weighted by molar-refractivity contribution is 7.99. The Morgan fingerprint density at radius 1 is 1.23 bits per heavy atom. The van der Waals surface area contributed by atoms with E-state index in [4.69, 9.17) is 11.6 Å². The number of carbonyl (C=O) groups excluding carboxylic acids is 1. The van der Waals surface area contributed by atoms with E-state index >= 15 is 0 Å². The molecule has 2 aromatic heterocycles. The highest BCUT2D eigenvalue weighted by Gasteiger charge is 2.39. The van der Waals surface area contributed by atoms with Crippen LogP contribution < -0.4 is 10.6 Å². The number of halogens is 4. The highest BCUT2D eigenvalue weighted by atomic mass is 35.5. The molecule has 216 valence electrons. The van der Waals surface area contributed by atoms with Gasteiger partial charge in [-0.3, -0.25) is 9.36 Å². The molecule has 1 aliphatic heterocycles. The lowest BCUT2D eigenvalue weighted by molar-refractivity contribution is -0.137. The SMILES string of the molecule is C=CC(=O)N1C(C)CN(c2nc(=O)n(CCC)c3c(SCCC)c(-c4cc(Cl)cs4)c(C(F)(F)F)cc23)CC1C. The Labute approximate surface area is 244 Å². The number of carbonyl (C=O) groups is 1. The molecule has 0 N–H and O–H groups in total. The van der Waals surface area contributed by atoms with Crippen molar-refractivity contribution in [3.05, 3.63) is 51.2 Å². The Bertz CT molecular complexity index is 1470. The fourth-order valence-electron chi connectivity index (χ4n) is 5.36. The van der Waals surface area contributed by atoms with E-state index in [-0.39, 0.29) is 34.8 Å².